The topological polar surface area (TPSA) is 102 Å². The van der Waals surface area contributed by atoms with E-state index in [2.05, 4.69) is 22.6 Å². The van der Waals surface area contributed by atoms with E-state index < -0.39 is 11.5 Å². The van der Waals surface area contributed by atoms with Crippen molar-refractivity contribution in [3.8, 4) is 5.88 Å². The molecule has 0 atom stereocenters. The Balaban J connectivity index is 2.90. The minimum atomic E-state index is -1.10. The van der Waals surface area contributed by atoms with Crippen molar-refractivity contribution in [2.75, 3.05) is 5.32 Å². The highest BCUT2D eigenvalue weighted by Gasteiger charge is 2.04. The minimum absolute atomic E-state index is 0.0143. The summed E-state index contributed by atoms with van der Waals surface area (Å²) in [6, 6.07) is 1.33. The maximum Gasteiger partial charge on any atom is 0.336 e. The van der Waals surface area contributed by atoms with E-state index in [1.54, 1.807) is 6.92 Å². The van der Waals surface area contributed by atoms with Crippen molar-refractivity contribution in [2.45, 2.75) is 6.92 Å². The molecule has 0 aliphatic rings. The smallest absolute Gasteiger partial charge is 0.336 e. The first-order valence-electron chi connectivity index (χ1n) is 5.61. The average Bonchev–Trinajstić information content (AvgIpc) is 2.35. The second-order valence-electron chi connectivity index (χ2n) is 3.82. The summed E-state index contributed by atoms with van der Waals surface area (Å²) in [6.45, 7) is 4.96. The van der Waals surface area contributed by atoms with E-state index in [1.165, 1.54) is 30.5 Å². The molecule has 4 N–H and O–H groups in total. The summed E-state index contributed by atoms with van der Waals surface area (Å²) >= 11 is 0. The Hall–Kier alpha value is -2.98. The summed E-state index contributed by atoms with van der Waals surface area (Å²) in [7, 11) is 0. The molecular weight excluding hydrogens is 260 g/mol. The fourth-order valence-corrected chi connectivity index (χ4v) is 1.43. The highest BCUT2D eigenvalue weighted by atomic mass is 16.4. The lowest BCUT2D eigenvalue weighted by atomic mass is 10.2. The number of hydrogen-bond acceptors (Lipinski definition) is 4. The Morgan fingerprint density at radius 2 is 2.25 bits per heavy atom. The van der Waals surface area contributed by atoms with Crippen molar-refractivity contribution in [3.05, 3.63) is 64.3 Å². The second-order valence-corrected chi connectivity index (χ2v) is 3.82. The van der Waals surface area contributed by atoms with Crippen LogP contribution in [0, 0.1) is 6.92 Å². The van der Waals surface area contributed by atoms with E-state index in [4.69, 9.17) is 5.11 Å². The molecule has 0 saturated carbocycles. The number of aliphatic carboxylic acids is 1. The molecule has 6 nitrogen and oxygen atoms in total. The van der Waals surface area contributed by atoms with E-state index in [-0.39, 0.29) is 11.5 Å². The number of hydrogen-bond donors (Lipinski definition) is 4. The first-order chi connectivity index (χ1) is 9.45. The van der Waals surface area contributed by atoms with Gasteiger partial charge < -0.3 is 15.5 Å². The molecule has 1 aromatic rings. The maximum absolute atomic E-state index is 11.1. The normalized spacial score (nSPS) is 11.2. The molecule has 6 heteroatoms. The number of carboxylic acids is 1. The zero-order chi connectivity index (χ0) is 15.1. The summed E-state index contributed by atoms with van der Waals surface area (Å²) in [6.07, 6.45) is 5.45. The first kappa shape index (κ1) is 15.1. The standard InChI is InChI=1S/C14H14N2O4/c1-3-5-10(14(19)20)6-4-7-15-12-9(2)8-11(17)16-13(12)18/h4-8,15H,1H2,2H3,(H,19,20)(H2,16,17,18)/b7-4-,10-6+. The van der Waals surface area contributed by atoms with Gasteiger partial charge in [-0.2, -0.15) is 0 Å². The molecule has 20 heavy (non-hydrogen) atoms. The number of aromatic hydroxyl groups is 1. The molecule has 0 aromatic carbocycles. The molecule has 1 rings (SSSR count). The van der Waals surface area contributed by atoms with Crippen molar-refractivity contribution in [2.24, 2.45) is 0 Å². The van der Waals surface area contributed by atoms with E-state index in [0.717, 1.165) is 0 Å². The van der Waals surface area contributed by atoms with Crippen LogP contribution in [0.4, 0.5) is 5.69 Å². The molecule has 1 heterocycles. The average molecular weight is 274 g/mol. The third kappa shape index (κ3) is 4.04. The number of H-pyrrole nitrogens is 1. The number of anilines is 1. The Labute approximate surface area is 115 Å². The molecule has 1 aromatic heterocycles. The second kappa shape index (κ2) is 6.82. The zero-order valence-electron chi connectivity index (χ0n) is 10.8. The third-order valence-electron chi connectivity index (χ3n) is 2.32. The number of aromatic amines is 1. The van der Waals surface area contributed by atoms with Crippen molar-refractivity contribution in [1.82, 2.24) is 4.98 Å². The van der Waals surface area contributed by atoms with Gasteiger partial charge in [-0.1, -0.05) is 6.58 Å². The lowest BCUT2D eigenvalue weighted by molar-refractivity contribution is -0.132. The molecule has 0 saturated heterocycles. The lowest BCUT2D eigenvalue weighted by Crippen LogP contribution is -2.06. The van der Waals surface area contributed by atoms with Crippen LogP contribution in [0.1, 0.15) is 5.56 Å². The van der Waals surface area contributed by atoms with Gasteiger partial charge >= 0.3 is 5.97 Å². The lowest BCUT2D eigenvalue weighted by Gasteiger charge is -2.06. The summed E-state index contributed by atoms with van der Waals surface area (Å²) < 4.78 is 0. The van der Waals surface area contributed by atoms with Crippen LogP contribution < -0.4 is 10.9 Å². The van der Waals surface area contributed by atoms with Gasteiger partial charge in [-0.3, -0.25) is 9.78 Å². The summed E-state index contributed by atoms with van der Waals surface area (Å²) in [4.78, 5) is 24.1. The first-order valence-corrected chi connectivity index (χ1v) is 5.61. The Morgan fingerprint density at radius 1 is 1.55 bits per heavy atom. The van der Waals surface area contributed by atoms with Gasteiger partial charge in [-0.05, 0) is 30.7 Å². The Bertz CT molecular complexity index is 647. The molecule has 0 aliphatic heterocycles. The van der Waals surface area contributed by atoms with Gasteiger partial charge in [0.15, 0.2) is 0 Å². The fourth-order valence-electron chi connectivity index (χ4n) is 1.43. The van der Waals surface area contributed by atoms with Gasteiger partial charge in [0.2, 0.25) is 5.88 Å². The van der Waals surface area contributed by atoms with E-state index in [1.807, 2.05) is 0 Å². The predicted octanol–water partition coefficient (Wildman–Crippen LogP) is 1.67. The Kier molecular flexibility index (Phi) is 5.14. The number of aryl methyl sites for hydroxylation is 1. The Morgan fingerprint density at radius 3 is 2.80 bits per heavy atom. The summed E-state index contributed by atoms with van der Waals surface area (Å²) in [5.74, 6) is -1.39. The molecule has 0 amide bonds. The van der Waals surface area contributed by atoms with Crippen LogP contribution >= 0.6 is 0 Å². The number of rotatable bonds is 5. The quantitative estimate of drug-likeness (QED) is 0.371. The molecule has 0 fully saturated rings. The van der Waals surface area contributed by atoms with Crippen LogP contribution in [-0.2, 0) is 4.79 Å². The van der Waals surface area contributed by atoms with Crippen molar-refractivity contribution in [3.63, 3.8) is 0 Å². The zero-order valence-corrected chi connectivity index (χ0v) is 10.8. The number of nitrogens with one attached hydrogen (secondary N) is 2. The van der Waals surface area contributed by atoms with Crippen LogP contribution in [0.3, 0.4) is 0 Å². The van der Waals surface area contributed by atoms with Crippen LogP contribution in [0.2, 0.25) is 0 Å². The van der Waals surface area contributed by atoms with Crippen molar-refractivity contribution in [1.29, 1.82) is 0 Å². The van der Waals surface area contributed by atoms with Gasteiger partial charge in [0.1, 0.15) is 5.69 Å². The van der Waals surface area contributed by atoms with Crippen LogP contribution in [0.15, 0.2) is 53.2 Å². The number of carbonyl (C=O) groups is 1. The fraction of sp³-hybridized carbons (Fsp3) is 0.0714. The molecule has 0 bridgehead atoms. The summed E-state index contributed by atoms with van der Waals surface area (Å²) in [5.41, 5.74) is 2.88. The van der Waals surface area contributed by atoms with Gasteiger partial charge in [-0.15, -0.1) is 5.73 Å². The van der Waals surface area contributed by atoms with Crippen LogP contribution in [0.5, 0.6) is 5.88 Å². The molecular formula is C14H14N2O4. The molecule has 0 unspecified atom stereocenters. The van der Waals surface area contributed by atoms with Crippen molar-refractivity contribution < 1.29 is 15.0 Å². The monoisotopic (exact) mass is 274 g/mol. The molecule has 0 radical (unpaired) electrons. The predicted molar refractivity (Wildman–Crippen MR) is 75.7 cm³/mol. The van der Waals surface area contributed by atoms with Gasteiger partial charge in [0.05, 0.1) is 5.57 Å². The molecule has 0 aliphatic carbocycles. The largest absolute Gasteiger partial charge is 0.493 e. The maximum atomic E-state index is 11.1. The van der Waals surface area contributed by atoms with Crippen LogP contribution in [0.25, 0.3) is 0 Å². The highest BCUT2D eigenvalue weighted by Crippen LogP contribution is 2.21. The molecule has 104 valence electrons. The summed E-state index contributed by atoms with van der Waals surface area (Å²) in [5, 5.41) is 21.2. The SMILES string of the molecule is C=C=C/C(=C\C=C/Nc1c(C)cc(=O)[nH]c1O)C(=O)O. The van der Waals surface area contributed by atoms with E-state index >= 15 is 0 Å². The third-order valence-corrected chi connectivity index (χ3v) is 2.32. The van der Waals surface area contributed by atoms with Crippen LogP contribution in [-0.4, -0.2) is 21.2 Å². The van der Waals surface area contributed by atoms with Gasteiger partial charge in [0.25, 0.3) is 5.56 Å². The molecule has 0 spiro atoms. The highest BCUT2D eigenvalue weighted by molar-refractivity contribution is 5.90. The number of pyridine rings is 1. The van der Waals surface area contributed by atoms with Gasteiger partial charge in [-0.25, -0.2) is 4.79 Å². The number of aromatic nitrogens is 1. The van der Waals surface area contributed by atoms with Crippen molar-refractivity contribution >= 4 is 11.7 Å². The van der Waals surface area contributed by atoms with Gasteiger partial charge in [0, 0.05) is 12.3 Å². The van der Waals surface area contributed by atoms with E-state index in [0.29, 0.717) is 11.3 Å². The number of carboxylic acid groups (broad SMARTS) is 1. The van der Waals surface area contributed by atoms with E-state index in [9.17, 15) is 14.7 Å². The number of allylic oxidation sites excluding steroid dienone is 2. The minimum Gasteiger partial charge on any atom is -0.493 e.